The normalized spacial score (nSPS) is 23.6. The second-order valence-corrected chi connectivity index (χ2v) is 8.16. The molecule has 30 heavy (non-hydrogen) atoms. The molecule has 0 aromatic carbocycles. The van der Waals surface area contributed by atoms with E-state index in [2.05, 4.69) is 46.8 Å². The zero-order chi connectivity index (χ0) is 20.7. The molecule has 2 aliphatic heterocycles. The number of aromatic nitrogens is 5. The van der Waals surface area contributed by atoms with Crippen molar-refractivity contribution in [1.82, 2.24) is 30.0 Å². The summed E-state index contributed by atoms with van der Waals surface area (Å²) in [5.74, 6) is 1.01. The van der Waals surface area contributed by atoms with Crippen LogP contribution in [0, 0.1) is 24.1 Å². The van der Waals surface area contributed by atoms with Gasteiger partial charge in [0, 0.05) is 49.0 Å². The lowest BCUT2D eigenvalue weighted by atomic mass is 9.97. The molecule has 2 fully saturated rings. The van der Waals surface area contributed by atoms with Gasteiger partial charge >= 0.3 is 0 Å². The number of nitrogens with one attached hydrogen (secondary N) is 4. The van der Waals surface area contributed by atoms with Gasteiger partial charge in [-0.3, -0.25) is 10.00 Å². The van der Waals surface area contributed by atoms with Crippen molar-refractivity contribution in [2.24, 2.45) is 0 Å². The Morgan fingerprint density at radius 1 is 1.30 bits per heavy atom. The molecule has 10 heteroatoms. The van der Waals surface area contributed by atoms with Gasteiger partial charge in [0.1, 0.15) is 11.5 Å². The van der Waals surface area contributed by atoms with Gasteiger partial charge in [-0.1, -0.05) is 0 Å². The summed E-state index contributed by atoms with van der Waals surface area (Å²) in [4.78, 5) is 14.4. The standard InChI is InChI=1S/C20H24FN9/c1-11-7-16(29-28-11)25-19-17-15(21)10-23-18(17)26-20(27-19)24-12-8-13-3-4-14(9-12)30(13)6-2-5-22/h7,10,12-14H,2-4,6,8-9H2,1H3,(H4,23,24,25,26,27,28,29)/t12?,13-,14?/m0/s1. The first kappa shape index (κ1) is 18.8. The molecule has 4 N–H and O–H groups in total. The lowest BCUT2D eigenvalue weighted by Crippen LogP contribution is -2.47. The van der Waals surface area contributed by atoms with Crippen LogP contribution in [0.5, 0.6) is 0 Å². The van der Waals surface area contributed by atoms with Crippen LogP contribution in [0.25, 0.3) is 11.0 Å². The van der Waals surface area contributed by atoms with E-state index in [4.69, 9.17) is 5.26 Å². The predicted molar refractivity (Wildman–Crippen MR) is 111 cm³/mol. The van der Waals surface area contributed by atoms with Crippen LogP contribution < -0.4 is 10.6 Å². The number of nitrogens with zero attached hydrogens (tertiary/aromatic N) is 5. The molecule has 156 valence electrons. The van der Waals surface area contributed by atoms with Crippen molar-refractivity contribution in [3.63, 3.8) is 0 Å². The minimum atomic E-state index is -0.407. The Labute approximate surface area is 173 Å². The molecular weight excluding hydrogens is 385 g/mol. The van der Waals surface area contributed by atoms with E-state index < -0.39 is 5.82 Å². The summed E-state index contributed by atoms with van der Waals surface area (Å²) >= 11 is 0. The molecule has 9 nitrogen and oxygen atoms in total. The lowest BCUT2D eigenvalue weighted by molar-refractivity contribution is 0.135. The Balaban J connectivity index is 1.37. The zero-order valence-electron chi connectivity index (χ0n) is 16.7. The monoisotopic (exact) mass is 409 g/mol. The van der Waals surface area contributed by atoms with Gasteiger partial charge in [-0.2, -0.15) is 20.3 Å². The number of piperidine rings is 1. The van der Waals surface area contributed by atoms with Crippen molar-refractivity contribution >= 4 is 28.6 Å². The number of aromatic amines is 2. The number of rotatable bonds is 6. The van der Waals surface area contributed by atoms with Gasteiger partial charge in [0.25, 0.3) is 0 Å². The highest BCUT2D eigenvalue weighted by molar-refractivity contribution is 5.90. The van der Waals surface area contributed by atoms with Gasteiger partial charge in [0.15, 0.2) is 11.6 Å². The van der Waals surface area contributed by atoms with Crippen LogP contribution in [-0.2, 0) is 0 Å². The number of H-pyrrole nitrogens is 2. The highest BCUT2D eigenvalue weighted by atomic mass is 19.1. The summed E-state index contributed by atoms with van der Waals surface area (Å²) in [5, 5.41) is 22.8. The number of fused-ring (bicyclic) bond motifs is 3. The van der Waals surface area contributed by atoms with Gasteiger partial charge in [-0.05, 0) is 32.6 Å². The molecule has 0 spiro atoms. The average Bonchev–Trinajstić information content (AvgIpc) is 3.36. The fraction of sp³-hybridized carbons (Fsp3) is 0.500. The summed E-state index contributed by atoms with van der Waals surface area (Å²) < 4.78 is 14.3. The van der Waals surface area contributed by atoms with E-state index in [1.165, 1.54) is 19.0 Å². The first-order chi connectivity index (χ1) is 14.6. The average molecular weight is 409 g/mol. The van der Waals surface area contributed by atoms with Crippen LogP contribution >= 0.6 is 0 Å². The van der Waals surface area contributed by atoms with Crippen LogP contribution in [0.1, 0.15) is 37.8 Å². The summed E-state index contributed by atoms with van der Waals surface area (Å²) in [5.41, 5.74) is 1.34. The van der Waals surface area contributed by atoms with E-state index >= 15 is 0 Å². The van der Waals surface area contributed by atoms with Crippen LogP contribution in [0.4, 0.5) is 22.0 Å². The van der Waals surface area contributed by atoms with Gasteiger partial charge in [-0.15, -0.1) is 0 Å². The predicted octanol–water partition coefficient (Wildman–Crippen LogP) is 3.19. The molecule has 0 amide bonds. The van der Waals surface area contributed by atoms with Crippen molar-refractivity contribution in [1.29, 1.82) is 5.26 Å². The molecule has 3 atom stereocenters. The summed E-state index contributed by atoms with van der Waals surface area (Å²) in [6.45, 7) is 2.74. The van der Waals surface area contributed by atoms with Gasteiger partial charge in [-0.25, -0.2) is 4.39 Å². The summed E-state index contributed by atoms with van der Waals surface area (Å²) in [7, 11) is 0. The van der Waals surface area contributed by atoms with Gasteiger partial charge in [0.2, 0.25) is 5.95 Å². The van der Waals surface area contributed by atoms with E-state index in [-0.39, 0.29) is 6.04 Å². The lowest BCUT2D eigenvalue weighted by Gasteiger charge is -2.38. The fourth-order valence-electron chi connectivity index (χ4n) is 4.87. The van der Waals surface area contributed by atoms with Crippen LogP contribution in [0.15, 0.2) is 12.3 Å². The maximum Gasteiger partial charge on any atom is 0.226 e. The highest BCUT2D eigenvalue weighted by Gasteiger charge is 2.40. The first-order valence-electron chi connectivity index (χ1n) is 10.3. The van der Waals surface area contributed by atoms with E-state index in [9.17, 15) is 4.39 Å². The maximum atomic E-state index is 14.3. The van der Waals surface area contributed by atoms with E-state index in [1.54, 1.807) is 0 Å². The number of hydrogen-bond acceptors (Lipinski definition) is 7. The fourth-order valence-corrected chi connectivity index (χ4v) is 4.87. The second-order valence-electron chi connectivity index (χ2n) is 8.16. The van der Waals surface area contributed by atoms with Crippen LogP contribution in [-0.4, -0.2) is 54.7 Å². The second kappa shape index (κ2) is 7.57. The molecule has 0 radical (unpaired) electrons. The van der Waals surface area contributed by atoms with Crippen molar-refractivity contribution in [3.8, 4) is 6.07 Å². The SMILES string of the molecule is Cc1cc(Nc2nc(NC3CC4CC[C@@H](C3)N4CCC#N)nc3[nH]cc(F)c23)n[nH]1. The van der Waals surface area contributed by atoms with E-state index in [1.807, 2.05) is 13.0 Å². The molecule has 0 aliphatic carbocycles. The summed E-state index contributed by atoms with van der Waals surface area (Å²) in [6.07, 6.45) is 6.18. The smallest absolute Gasteiger partial charge is 0.226 e. The number of anilines is 3. The minimum Gasteiger partial charge on any atom is -0.351 e. The van der Waals surface area contributed by atoms with E-state index in [0.717, 1.165) is 25.1 Å². The third-order valence-electron chi connectivity index (χ3n) is 6.14. The van der Waals surface area contributed by atoms with Crippen LogP contribution in [0.3, 0.4) is 0 Å². The number of nitriles is 1. The first-order valence-corrected chi connectivity index (χ1v) is 10.3. The molecule has 0 saturated carbocycles. The molecule has 2 aliphatic rings. The molecule has 2 saturated heterocycles. The third kappa shape index (κ3) is 3.45. The molecule has 2 bridgehead atoms. The topological polar surface area (TPSA) is 121 Å². The largest absolute Gasteiger partial charge is 0.351 e. The van der Waals surface area contributed by atoms with Crippen molar-refractivity contribution in [3.05, 3.63) is 23.8 Å². The Hall–Kier alpha value is -3.19. The van der Waals surface area contributed by atoms with Crippen molar-refractivity contribution in [2.45, 2.75) is 57.2 Å². The van der Waals surface area contributed by atoms with E-state index in [0.29, 0.717) is 47.1 Å². The Morgan fingerprint density at radius 3 is 2.80 bits per heavy atom. The molecule has 5 rings (SSSR count). The minimum absolute atomic E-state index is 0.249. The summed E-state index contributed by atoms with van der Waals surface area (Å²) in [6, 6.07) is 5.32. The Kier molecular flexibility index (Phi) is 4.75. The molecule has 5 heterocycles. The van der Waals surface area contributed by atoms with Crippen molar-refractivity contribution in [2.75, 3.05) is 17.2 Å². The Morgan fingerprint density at radius 2 is 2.10 bits per heavy atom. The Bertz CT molecular complexity index is 1080. The maximum absolute atomic E-state index is 14.3. The molecular formula is C20H24FN9. The number of aryl methyl sites for hydroxylation is 1. The molecule has 3 aromatic heterocycles. The number of halogens is 1. The molecule has 2 unspecified atom stereocenters. The van der Waals surface area contributed by atoms with Gasteiger partial charge in [0.05, 0.1) is 11.5 Å². The highest BCUT2D eigenvalue weighted by Crippen LogP contribution is 2.37. The third-order valence-corrected chi connectivity index (χ3v) is 6.14. The molecule has 3 aromatic rings. The zero-order valence-corrected chi connectivity index (χ0v) is 16.7. The van der Waals surface area contributed by atoms with Crippen molar-refractivity contribution < 1.29 is 4.39 Å². The quantitative estimate of drug-likeness (QED) is 0.493. The van der Waals surface area contributed by atoms with Crippen LogP contribution in [0.2, 0.25) is 0 Å². The van der Waals surface area contributed by atoms with Gasteiger partial charge < -0.3 is 15.6 Å². The number of hydrogen-bond donors (Lipinski definition) is 4.